The van der Waals surface area contributed by atoms with Crippen molar-refractivity contribution < 1.29 is 9.78 Å². The number of hydrogen-bond donors (Lipinski definition) is 0. The summed E-state index contributed by atoms with van der Waals surface area (Å²) >= 11 is 0. The summed E-state index contributed by atoms with van der Waals surface area (Å²) in [7, 11) is 1.53. The van der Waals surface area contributed by atoms with Crippen LogP contribution in [0.4, 0.5) is 0 Å². The zero-order valence-corrected chi connectivity index (χ0v) is 6.73. The van der Waals surface area contributed by atoms with Crippen molar-refractivity contribution in [2.24, 2.45) is 5.41 Å². The predicted octanol–water partition coefficient (Wildman–Crippen LogP) is 2.00. The summed E-state index contributed by atoms with van der Waals surface area (Å²) in [4.78, 5) is 9.15. The molecular weight excluding hydrogens is 116 g/mol. The second-order valence-corrected chi connectivity index (χ2v) is 3.30. The lowest BCUT2D eigenvalue weighted by Gasteiger charge is -2.16. The first kappa shape index (κ1) is 8.92. The number of hydrogen-bond acceptors (Lipinski definition) is 2. The zero-order chi connectivity index (χ0) is 7.33. The summed E-state index contributed by atoms with van der Waals surface area (Å²) in [6, 6.07) is 0. The van der Waals surface area contributed by atoms with Gasteiger partial charge in [0, 0.05) is 0 Å². The van der Waals surface area contributed by atoms with E-state index in [0.29, 0.717) is 12.0 Å². The predicted molar refractivity (Wildman–Crippen MR) is 37.0 cm³/mol. The van der Waals surface area contributed by atoms with Gasteiger partial charge in [0.1, 0.15) is 0 Å². The van der Waals surface area contributed by atoms with Crippen LogP contribution in [0.15, 0.2) is 0 Å². The second-order valence-electron chi connectivity index (χ2n) is 3.30. The highest BCUT2D eigenvalue weighted by Gasteiger charge is 2.08. The molecule has 0 aliphatic carbocycles. The van der Waals surface area contributed by atoms with Gasteiger partial charge in [-0.1, -0.05) is 20.8 Å². The van der Waals surface area contributed by atoms with Crippen LogP contribution < -0.4 is 0 Å². The summed E-state index contributed by atoms with van der Waals surface area (Å²) in [5.74, 6) is 0. The maximum atomic E-state index is 4.71. The van der Waals surface area contributed by atoms with Crippen molar-refractivity contribution in [3.8, 4) is 0 Å². The molecular formula is C7H16O2. The fourth-order valence-electron chi connectivity index (χ4n) is 0.431. The monoisotopic (exact) mass is 132 g/mol. The molecule has 0 saturated heterocycles. The van der Waals surface area contributed by atoms with Gasteiger partial charge in [-0.2, -0.15) is 0 Å². The van der Waals surface area contributed by atoms with E-state index in [2.05, 4.69) is 25.7 Å². The Morgan fingerprint density at radius 3 is 2.11 bits per heavy atom. The lowest BCUT2D eigenvalue weighted by molar-refractivity contribution is -0.275. The summed E-state index contributed by atoms with van der Waals surface area (Å²) in [6.45, 7) is 7.20. The van der Waals surface area contributed by atoms with Gasteiger partial charge >= 0.3 is 0 Å². The average Bonchev–Trinajstić information content (AvgIpc) is 1.63. The Morgan fingerprint density at radius 2 is 1.78 bits per heavy atom. The Bertz CT molecular complexity index is 63.8. The smallest absolute Gasteiger partial charge is 0.0827 e. The maximum Gasteiger partial charge on any atom is 0.0827 e. The van der Waals surface area contributed by atoms with E-state index in [1.54, 1.807) is 0 Å². The largest absolute Gasteiger partial charge is 0.240 e. The quantitative estimate of drug-likeness (QED) is 0.332. The molecule has 2 nitrogen and oxygen atoms in total. The minimum absolute atomic E-state index is 0.346. The molecule has 56 valence electrons. The molecule has 0 N–H and O–H groups in total. The second kappa shape index (κ2) is 3.85. The van der Waals surface area contributed by atoms with E-state index in [4.69, 9.17) is 4.89 Å². The van der Waals surface area contributed by atoms with Crippen molar-refractivity contribution >= 4 is 0 Å². The molecule has 9 heavy (non-hydrogen) atoms. The van der Waals surface area contributed by atoms with E-state index in [-0.39, 0.29) is 0 Å². The highest BCUT2D eigenvalue weighted by molar-refractivity contribution is 4.58. The molecule has 0 aliphatic rings. The van der Waals surface area contributed by atoms with E-state index in [9.17, 15) is 0 Å². The van der Waals surface area contributed by atoms with Crippen LogP contribution in [0.1, 0.15) is 27.2 Å². The van der Waals surface area contributed by atoms with Crippen LogP contribution >= 0.6 is 0 Å². The number of rotatable bonds is 3. The molecule has 0 rings (SSSR count). The lowest BCUT2D eigenvalue weighted by Crippen LogP contribution is -2.08. The minimum atomic E-state index is 0.346. The molecule has 0 bridgehead atoms. The fourth-order valence-corrected chi connectivity index (χ4v) is 0.431. The van der Waals surface area contributed by atoms with Gasteiger partial charge < -0.3 is 0 Å². The first-order chi connectivity index (χ1) is 4.06. The molecule has 0 atom stereocenters. The van der Waals surface area contributed by atoms with Gasteiger partial charge in [0.2, 0.25) is 0 Å². The lowest BCUT2D eigenvalue weighted by atomic mass is 9.93. The zero-order valence-electron chi connectivity index (χ0n) is 6.73. The molecule has 0 spiro atoms. The summed E-state index contributed by atoms with van der Waals surface area (Å²) < 4.78 is 0. The summed E-state index contributed by atoms with van der Waals surface area (Å²) in [5, 5.41) is 0. The van der Waals surface area contributed by atoms with Crippen LogP contribution in [-0.4, -0.2) is 13.7 Å². The van der Waals surface area contributed by atoms with Crippen LogP contribution in [-0.2, 0) is 9.78 Å². The average molecular weight is 132 g/mol. The highest BCUT2D eigenvalue weighted by Crippen LogP contribution is 2.17. The van der Waals surface area contributed by atoms with E-state index in [1.807, 2.05) is 0 Å². The molecule has 0 fully saturated rings. The minimum Gasteiger partial charge on any atom is -0.240 e. The van der Waals surface area contributed by atoms with Gasteiger partial charge in [-0.05, 0) is 11.8 Å². The Balaban J connectivity index is 3.07. The first-order valence-corrected chi connectivity index (χ1v) is 3.22. The topological polar surface area (TPSA) is 18.5 Å². The third-order valence-corrected chi connectivity index (χ3v) is 1.05. The molecule has 2 heteroatoms. The van der Waals surface area contributed by atoms with Crippen LogP contribution in [0.5, 0.6) is 0 Å². The van der Waals surface area contributed by atoms with Crippen molar-refractivity contribution in [3.05, 3.63) is 0 Å². The SMILES string of the molecule is COOCCC(C)(C)C. The highest BCUT2D eigenvalue weighted by atomic mass is 17.2. The van der Waals surface area contributed by atoms with Crippen molar-refractivity contribution in [1.82, 2.24) is 0 Å². The standard InChI is InChI=1S/C7H16O2/c1-7(2,3)5-6-9-8-4/h5-6H2,1-4H3. The van der Waals surface area contributed by atoms with Gasteiger partial charge in [0.25, 0.3) is 0 Å². The molecule has 0 radical (unpaired) electrons. The molecule has 0 aromatic rings. The van der Waals surface area contributed by atoms with Crippen molar-refractivity contribution in [1.29, 1.82) is 0 Å². The van der Waals surface area contributed by atoms with E-state index >= 15 is 0 Å². The van der Waals surface area contributed by atoms with Crippen molar-refractivity contribution in [2.75, 3.05) is 13.7 Å². The Hall–Kier alpha value is -0.0800. The fraction of sp³-hybridized carbons (Fsp3) is 1.00. The molecule has 0 unspecified atom stereocenters. The van der Waals surface area contributed by atoms with E-state index in [0.717, 1.165) is 6.42 Å². The van der Waals surface area contributed by atoms with Crippen LogP contribution in [0.2, 0.25) is 0 Å². The molecule has 0 saturated carbocycles. The summed E-state index contributed by atoms with van der Waals surface area (Å²) in [5.41, 5.74) is 0.346. The van der Waals surface area contributed by atoms with Gasteiger partial charge in [-0.3, -0.25) is 0 Å². The molecule has 0 amide bonds. The third-order valence-electron chi connectivity index (χ3n) is 1.05. The molecule has 0 heterocycles. The van der Waals surface area contributed by atoms with Gasteiger partial charge in [0.15, 0.2) is 0 Å². The summed E-state index contributed by atoms with van der Waals surface area (Å²) in [6.07, 6.45) is 1.03. The van der Waals surface area contributed by atoms with Crippen molar-refractivity contribution in [2.45, 2.75) is 27.2 Å². The van der Waals surface area contributed by atoms with E-state index in [1.165, 1.54) is 7.11 Å². The third kappa shape index (κ3) is 7.92. The van der Waals surface area contributed by atoms with Gasteiger partial charge in [-0.25, -0.2) is 9.78 Å². The van der Waals surface area contributed by atoms with Crippen LogP contribution in [0.25, 0.3) is 0 Å². The van der Waals surface area contributed by atoms with Gasteiger partial charge in [0.05, 0.1) is 13.7 Å². The molecule has 0 aromatic carbocycles. The van der Waals surface area contributed by atoms with Crippen molar-refractivity contribution in [3.63, 3.8) is 0 Å². The molecule has 0 aliphatic heterocycles. The Labute approximate surface area is 57.1 Å². The van der Waals surface area contributed by atoms with Crippen LogP contribution in [0, 0.1) is 5.41 Å². The molecule has 0 aromatic heterocycles. The Morgan fingerprint density at radius 1 is 1.22 bits per heavy atom. The maximum absolute atomic E-state index is 4.71. The normalized spacial score (nSPS) is 12.0. The van der Waals surface area contributed by atoms with Gasteiger partial charge in [-0.15, -0.1) is 0 Å². The Kier molecular flexibility index (Phi) is 3.82. The first-order valence-electron chi connectivity index (χ1n) is 3.22. The van der Waals surface area contributed by atoms with E-state index < -0.39 is 0 Å². The van der Waals surface area contributed by atoms with Crippen LogP contribution in [0.3, 0.4) is 0 Å².